The van der Waals surface area contributed by atoms with Crippen LogP contribution in [0, 0.1) is 0 Å². The second kappa shape index (κ2) is 6.99. The fraction of sp³-hybridized carbons (Fsp3) is 0.286. The average Bonchev–Trinajstić information content (AvgIpc) is 3.49. The summed E-state index contributed by atoms with van der Waals surface area (Å²) in [6.07, 6.45) is 5.19. The Morgan fingerprint density at radius 2 is 1.93 bits per heavy atom. The first-order valence-corrected chi connectivity index (χ1v) is 9.47. The maximum Gasteiger partial charge on any atom is 0.283 e. The molecule has 5 rings (SSSR count). The summed E-state index contributed by atoms with van der Waals surface area (Å²) in [5, 5.41) is 9.40. The topological polar surface area (TPSA) is 77.3 Å². The monoisotopic (exact) mass is 376 g/mol. The van der Waals surface area contributed by atoms with Gasteiger partial charge in [-0.1, -0.05) is 18.2 Å². The van der Waals surface area contributed by atoms with Crippen molar-refractivity contribution < 1.29 is 13.6 Å². The van der Waals surface area contributed by atoms with Gasteiger partial charge < -0.3 is 18.3 Å². The lowest BCUT2D eigenvalue weighted by Crippen LogP contribution is -2.39. The number of carbonyl (C=O) groups excluding carboxylic acids is 1. The lowest BCUT2D eigenvalue weighted by Gasteiger charge is -2.30. The molecule has 0 N–H and O–H groups in total. The van der Waals surface area contributed by atoms with Crippen LogP contribution in [0.25, 0.3) is 22.6 Å². The van der Waals surface area contributed by atoms with Crippen LogP contribution in [-0.4, -0.2) is 38.7 Å². The molecule has 0 unspecified atom stereocenters. The Hall–Kier alpha value is -3.35. The summed E-state index contributed by atoms with van der Waals surface area (Å²) in [4.78, 5) is 14.7. The number of carbonyl (C=O) groups is 1. The third-order valence-corrected chi connectivity index (χ3v) is 5.36. The number of para-hydroxylation sites is 1. The van der Waals surface area contributed by atoms with Crippen LogP contribution >= 0.6 is 0 Å². The fourth-order valence-electron chi connectivity index (χ4n) is 3.80. The van der Waals surface area contributed by atoms with E-state index in [-0.39, 0.29) is 11.8 Å². The van der Waals surface area contributed by atoms with Gasteiger partial charge in [-0.25, -0.2) is 0 Å². The number of furan rings is 1. The molecule has 1 fully saturated rings. The van der Waals surface area contributed by atoms with Gasteiger partial charge in [0, 0.05) is 30.7 Å². The average molecular weight is 376 g/mol. The van der Waals surface area contributed by atoms with Gasteiger partial charge in [0.25, 0.3) is 5.89 Å². The highest BCUT2D eigenvalue weighted by Gasteiger charge is 2.28. The first-order chi connectivity index (χ1) is 13.8. The predicted molar refractivity (Wildman–Crippen MR) is 102 cm³/mol. The summed E-state index contributed by atoms with van der Waals surface area (Å²) in [5.74, 6) is 1.91. The van der Waals surface area contributed by atoms with Gasteiger partial charge in [-0.2, -0.15) is 0 Å². The van der Waals surface area contributed by atoms with Crippen LogP contribution in [0.5, 0.6) is 0 Å². The normalized spacial score (nSPS) is 15.4. The number of aromatic nitrogens is 3. The molecule has 7 heteroatoms. The van der Waals surface area contributed by atoms with E-state index in [4.69, 9.17) is 8.83 Å². The molecule has 4 heterocycles. The first kappa shape index (κ1) is 16.8. The van der Waals surface area contributed by atoms with E-state index in [0.717, 1.165) is 23.7 Å². The Morgan fingerprint density at radius 3 is 2.75 bits per heavy atom. The van der Waals surface area contributed by atoms with Crippen molar-refractivity contribution >= 4 is 16.8 Å². The lowest BCUT2D eigenvalue weighted by molar-refractivity contribution is -0.132. The van der Waals surface area contributed by atoms with Gasteiger partial charge in [-0.15, -0.1) is 10.2 Å². The number of piperidine rings is 1. The molecule has 3 aromatic heterocycles. The highest BCUT2D eigenvalue weighted by atomic mass is 16.4. The van der Waals surface area contributed by atoms with E-state index < -0.39 is 0 Å². The Balaban J connectivity index is 1.21. The molecule has 1 amide bonds. The van der Waals surface area contributed by atoms with E-state index in [9.17, 15) is 4.79 Å². The zero-order valence-electron chi connectivity index (χ0n) is 15.3. The maximum atomic E-state index is 12.8. The molecule has 1 saturated heterocycles. The van der Waals surface area contributed by atoms with Crippen molar-refractivity contribution in [3.8, 4) is 11.7 Å². The van der Waals surface area contributed by atoms with E-state index in [1.54, 1.807) is 18.4 Å². The SMILES string of the molecule is O=C(Cn1ccc2ccccc21)N1CCC(c2nnc(-c3ccco3)o2)CC1. The molecule has 1 aliphatic heterocycles. The van der Waals surface area contributed by atoms with Crippen LogP contribution in [-0.2, 0) is 11.3 Å². The first-order valence-electron chi connectivity index (χ1n) is 9.47. The standard InChI is InChI=1S/C21H20N4O3/c26-19(14-25-12-7-15-4-1-2-5-17(15)25)24-10-8-16(9-11-24)20-22-23-21(28-20)18-6-3-13-27-18/h1-7,12-13,16H,8-11,14H2. The Bertz CT molecular complexity index is 1090. The molecule has 0 radical (unpaired) electrons. The summed E-state index contributed by atoms with van der Waals surface area (Å²) < 4.78 is 13.1. The quantitative estimate of drug-likeness (QED) is 0.543. The van der Waals surface area contributed by atoms with E-state index in [1.165, 1.54) is 0 Å². The third-order valence-electron chi connectivity index (χ3n) is 5.36. The predicted octanol–water partition coefficient (Wildman–Crippen LogP) is 3.69. The molecular weight excluding hydrogens is 356 g/mol. The number of amides is 1. The molecule has 4 aromatic rings. The largest absolute Gasteiger partial charge is 0.459 e. The number of rotatable bonds is 4. The number of benzene rings is 1. The Kier molecular flexibility index (Phi) is 4.20. The second-order valence-corrected chi connectivity index (χ2v) is 7.08. The molecule has 1 aliphatic rings. The lowest BCUT2D eigenvalue weighted by atomic mass is 9.97. The van der Waals surface area contributed by atoms with Gasteiger partial charge in [-0.05, 0) is 42.5 Å². The number of hydrogen-bond donors (Lipinski definition) is 0. The molecule has 28 heavy (non-hydrogen) atoms. The van der Waals surface area contributed by atoms with Gasteiger partial charge in [0.05, 0.1) is 6.26 Å². The van der Waals surface area contributed by atoms with Gasteiger partial charge in [0.1, 0.15) is 6.54 Å². The molecule has 7 nitrogen and oxygen atoms in total. The molecule has 0 aliphatic carbocycles. The zero-order valence-corrected chi connectivity index (χ0v) is 15.3. The molecule has 0 atom stereocenters. The molecular formula is C21H20N4O3. The van der Waals surface area contributed by atoms with Crippen molar-refractivity contribution in [3.63, 3.8) is 0 Å². The number of hydrogen-bond acceptors (Lipinski definition) is 5. The van der Waals surface area contributed by atoms with Gasteiger partial charge in [0.2, 0.25) is 11.8 Å². The molecule has 1 aromatic carbocycles. The summed E-state index contributed by atoms with van der Waals surface area (Å²) in [5.41, 5.74) is 1.09. The van der Waals surface area contributed by atoms with Crippen molar-refractivity contribution in [2.75, 3.05) is 13.1 Å². The third kappa shape index (κ3) is 3.09. The van der Waals surface area contributed by atoms with Crippen LogP contribution in [0.3, 0.4) is 0 Å². The Morgan fingerprint density at radius 1 is 1.07 bits per heavy atom. The smallest absolute Gasteiger partial charge is 0.283 e. The van der Waals surface area contributed by atoms with Crippen molar-refractivity contribution in [2.24, 2.45) is 0 Å². The molecule has 0 saturated carbocycles. The van der Waals surface area contributed by atoms with Crippen molar-refractivity contribution in [2.45, 2.75) is 25.3 Å². The Labute approximate surface area is 161 Å². The number of fused-ring (bicyclic) bond motifs is 1. The minimum absolute atomic E-state index is 0.140. The number of nitrogens with zero attached hydrogens (tertiary/aromatic N) is 4. The summed E-state index contributed by atoms with van der Waals surface area (Å²) in [6.45, 7) is 1.75. The summed E-state index contributed by atoms with van der Waals surface area (Å²) in [7, 11) is 0. The molecule has 0 spiro atoms. The zero-order chi connectivity index (χ0) is 18.9. The fourth-order valence-corrected chi connectivity index (χ4v) is 3.80. The minimum atomic E-state index is 0.140. The second-order valence-electron chi connectivity index (χ2n) is 7.08. The number of likely N-dealkylation sites (tertiary alicyclic amines) is 1. The highest BCUT2D eigenvalue weighted by molar-refractivity contribution is 5.83. The summed E-state index contributed by atoms with van der Waals surface area (Å²) >= 11 is 0. The molecule has 142 valence electrons. The maximum absolute atomic E-state index is 12.8. The van der Waals surface area contributed by atoms with Crippen molar-refractivity contribution in [3.05, 3.63) is 60.8 Å². The highest BCUT2D eigenvalue weighted by Crippen LogP contribution is 2.29. The van der Waals surface area contributed by atoms with Crippen molar-refractivity contribution in [1.29, 1.82) is 0 Å². The van der Waals surface area contributed by atoms with E-state index in [2.05, 4.69) is 16.3 Å². The van der Waals surface area contributed by atoms with Crippen LogP contribution in [0.2, 0.25) is 0 Å². The van der Waals surface area contributed by atoms with Crippen LogP contribution < -0.4 is 0 Å². The minimum Gasteiger partial charge on any atom is -0.459 e. The molecule has 0 bridgehead atoms. The van der Waals surface area contributed by atoms with Crippen molar-refractivity contribution in [1.82, 2.24) is 19.7 Å². The van der Waals surface area contributed by atoms with E-state index in [1.807, 2.05) is 39.9 Å². The van der Waals surface area contributed by atoms with Crippen LogP contribution in [0.1, 0.15) is 24.7 Å². The van der Waals surface area contributed by atoms with E-state index in [0.29, 0.717) is 37.2 Å². The van der Waals surface area contributed by atoms with Gasteiger partial charge >= 0.3 is 0 Å². The van der Waals surface area contributed by atoms with Gasteiger partial charge in [0.15, 0.2) is 5.76 Å². The summed E-state index contributed by atoms with van der Waals surface area (Å²) in [6, 6.07) is 13.7. The van der Waals surface area contributed by atoms with Gasteiger partial charge in [-0.3, -0.25) is 4.79 Å². The van der Waals surface area contributed by atoms with Crippen LogP contribution in [0.15, 0.2) is 63.8 Å². The van der Waals surface area contributed by atoms with Crippen LogP contribution in [0.4, 0.5) is 0 Å². The van der Waals surface area contributed by atoms with E-state index >= 15 is 0 Å².